The molecular weight excluding hydrogens is 389 g/mol. The van der Waals surface area contributed by atoms with Crippen molar-refractivity contribution in [2.75, 3.05) is 0 Å². The van der Waals surface area contributed by atoms with Crippen molar-refractivity contribution in [3.05, 3.63) is 74.8 Å². The van der Waals surface area contributed by atoms with E-state index >= 15 is 0 Å². The van der Waals surface area contributed by atoms with Crippen LogP contribution in [0.1, 0.15) is 10.5 Å². The van der Waals surface area contributed by atoms with Crippen molar-refractivity contribution < 1.29 is 4.79 Å². The first-order valence-corrected chi connectivity index (χ1v) is 8.54. The van der Waals surface area contributed by atoms with Crippen molar-refractivity contribution in [2.45, 2.75) is 0 Å². The second-order valence-corrected chi connectivity index (χ2v) is 6.52. The number of carbonyl (C=O) groups excluding carboxylic acids is 1. The van der Waals surface area contributed by atoms with Crippen molar-refractivity contribution in [3.8, 4) is 17.1 Å². The molecule has 134 valence electrons. The van der Waals surface area contributed by atoms with Crippen molar-refractivity contribution in [1.29, 1.82) is 0 Å². The average molecular weight is 400 g/mol. The van der Waals surface area contributed by atoms with E-state index in [1.807, 2.05) is 0 Å². The third-order valence-corrected chi connectivity index (χ3v) is 4.55. The summed E-state index contributed by atoms with van der Waals surface area (Å²) in [5.74, 6) is -0.608. The Labute approximate surface area is 162 Å². The van der Waals surface area contributed by atoms with Crippen LogP contribution in [0.3, 0.4) is 0 Å². The Balaban J connectivity index is 2.08. The molecule has 0 saturated carbocycles. The molecule has 0 saturated heterocycles. The van der Waals surface area contributed by atoms with E-state index in [1.54, 1.807) is 48.5 Å². The molecule has 0 unspecified atom stereocenters. The van der Waals surface area contributed by atoms with Gasteiger partial charge in [0.1, 0.15) is 5.52 Å². The van der Waals surface area contributed by atoms with Gasteiger partial charge in [-0.1, -0.05) is 35.3 Å². The summed E-state index contributed by atoms with van der Waals surface area (Å²) >= 11 is 12.2. The second kappa shape index (κ2) is 6.53. The van der Waals surface area contributed by atoms with Gasteiger partial charge in [-0.3, -0.25) is 4.79 Å². The van der Waals surface area contributed by atoms with Gasteiger partial charge < -0.3 is 10.7 Å². The fourth-order valence-corrected chi connectivity index (χ4v) is 3.10. The summed E-state index contributed by atoms with van der Waals surface area (Å²) in [6.07, 6.45) is 0. The maximum absolute atomic E-state index is 12.5. The molecule has 2 aromatic heterocycles. The Kier molecular flexibility index (Phi) is 4.18. The number of primary amides is 1. The number of halogens is 2. The summed E-state index contributed by atoms with van der Waals surface area (Å²) in [7, 11) is 0. The van der Waals surface area contributed by atoms with E-state index in [1.165, 1.54) is 4.57 Å². The summed E-state index contributed by atoms with van der Waals surface area (Å²) in [6.45, 7) is 0. The number of fused-ring (bicyclic) bond motifs is 1. The van der Waals surface area contributed by atoms with E-state index in [0.29, 0.717) is 21.3 Å². The van der Waals surface area contributed by atoms with E-state index in [4.69, 9.17) is 28.9 Å². The van der Waals surface area contributed by atoms with E-state index in [2.05, 4.69) is 15.0 Å². The second-order valence-electron chi connectivity index (χ2n) is 5.68. The maximum Gasteiger partial charge on any atom is 0.332 e. The molecule has 0 radical (unpaired) electrons. The van der Waals surface area contributed by atoms with Crippen LogP contribution in [0.4, 0.5) is 0 Å². The summed E-state index contributed by atoms with van der Waals surface area (Å²) in [5, 5.41) is 0.930. The van der Waals surface area contributed by atoms with Crippen molar-refractivity contribution in [1.82, 2.24) is 19.5 Å². The Morgan fingerprint density at radius 2 is 1.74 bits per heavy atom. The molecule has 0 fully saturated rings. The van der Waals surface area contributed by atoms with Gasteiger partial charge in [-0.25, -0.2) is 19.3 Å². The summed E-state index contributed by atoms with van der Waals surface area (Å²) in [5.41, 5.74) is 6.29. The first-order chi connectivity index (χ1) is 13.0. The molecule has 2 aromatic carbocycles. The van der Waals surface area contributed by atoms with Gasteiger partial charge in [0, 0.05) is 10.6 Å². The Morgan fingerprint density at radius 3 is 2.41 bits per heavy atom. The number of imidazole rings is 1. The molecule has 1 amide bonds. The van der Waals surface area contributed by atoms with Crippen molar-refractivity contribution in [3.63, 3.8) is 0 Å². The SMILES string of the molecule is NC(=O)c1nc(-c2ccccc2Cl)nc2c1[nH]c(=O)n2-c1ccc(Cl)cc1. The third kappa shape index (κ3) is 2.97. The number of carbonyl (C=O) groups is 1. The average Bonchev–Trinajstić information content (AvgIpc) is 2.97. The molecule has 0 aliphatic heterocycles. The summed E-state index contributed by atoms with van der Waals surface area (Å²) in [6, 6.07) is 13.5. The van der Waals surface area contributed by atoms with E-state index in [0.717, 1.165) is 0 Å². The zero-order valence-electron chi connectivity index (χ0n) is 13.6. The largest absolute Gasteiger partial charge is 0.364 e. The zero-order chi connectivity index (χ0) is 19.1. The molecule has 3 N–H and O–H groups in total. The number of nitrogens with two attached hydrogens (primary N) is 1. The zero-order valence-corrected chi connectivity index (χ0v) is 15.1. The molecule has 27 heavy (non-hydrogen) atoms. The number of hydrogen-bond acceptors (Lipinski definition) is 4. The topological polar surface area (TPSA) is 107 Å². The van der Waals surface area contributed by atoms with E-state index in [9.17, 15) is 9.59 Å². The first kappa shape index (κ1) is 17.3. The predicted octanol–water partition coefficient (Wildman–Crippen LogP) is 3.18. The number of rotatable bonds is 3. The van der Waals surface area contributed by atoms with Crippen LogP contribution in [0.2, 0.25) is 10.0 Å². The minimum atomic E-state index is -0.791. The molecule has 4 rings (SSSR count). The Bertz CT molecular complexity index is 1250. The van der Waals surface area contributed by atoms with Gasteiger partial charge in [-0.05, 0) is 36.4 Å². The van der Waals surface area contributed by atoms with Gasteiger partial charge in [-0.15, -0.1) is 0 Å². The van der Waals surface area contributed by atoms with Crippen LogP contribution < -0.4 is 11.4 Å². The highest BCUT2D eigenvalue weighted by Crippen LogP contribution is 2.27. The lowest BCUT2D eigenvalue weighted by molar-refractivity contribution is 0.0997. The molecule has 0 atom stereocenters. The van der Waals surface area contributed by atoms with Gasteiger partial charge in [0.2, 0.25) is 0 Å². The number of amides is 1. The number of aromatic nitrogens is 4. The number of H-pyrrole nitrogens is 1. The molecule has 9 heteroatoms. The van der Waals surface area contributed by atoms with Gasteiger partial charge >= 0.3 is 5.69 Å². The molecule has 0 aliphatic rings. The van der Waals surface area contributed by atoms with Crippen LogP contribution in [0.15, 0.2) is 53.3 Å². The molecule has 7 nitrogen and oxygen atoms in total. The quantitative estimate of drug-likeness (QED) is 0.551. The van der Waals surface area contributed by atoms with Crippen LogP contribution in [0.25, 0.3) is 28.2 Å². The third-order valence-electron chi connectivity index (χ3n) is 3.97. The van der Waals surface area contributed by atoms with E-state index in [-0.39, 0.29) is 22.7 Å². The molecule has 2 heterocycles. The van der Waals surface area contributed by atoms with Crippen LogP contribution in [-0.4, -0.2) is 25.4 Å². The minimum absolute atomic E-state index is 0.0975. The van der Waals surface area contributed by atoms with Gasteiger partial charge in [0.05, 0.1) is 10.7 Å². The maximum atomic E-state index is 12.5. The Morgan fingerprint density at radius 1 is 1.04 bits per heavy atom. The van der Waals surface area contributed by atoms with Crippen LogP contribution in [0, 0.1) is 0 Å². The number of aromatic amines is 1. The standard InChI is InChI=1S/C18H11Cl2N5O2/c19-9-5-7-10(8-6-9)25-17-14(23-18(25)27)13(15(21)26)22-16(24-17)11-3-1-2-4-12(11)20/h1-8H,(H2,21,26)(H,23,27). The molecule has 0 spiro atoms. The van der Waals surface area contributed by atoms with Crippen LogP contribution >= 0.6 is 23.2 Å². The lowest BCUT2D eigenvalue weighted by atomic mass is 10.2. The van der Waals surface area contributed by atoms with Gasteiger partial charge in [0.15, 0.2) is 17.2 Å². The van der Waals surface area contributed by atoms with Crippen LogP contribution in [0.5, 0.6) is 0 Å². The first-order valence-electron chi connectivity index (χ1n) is 7.79. The molecule has 4 aromatic rings. The summed E-state index contributed by atoms with van der Waals surface area (Å²) in [4.78, 5) is 35.8. The monoisotopic (exact) mass is 399 g/mol. The fraction of sp³-hybridized carbons (Fsp3) is 0. The number of nitrogens with one attached hydrogen (secondary N) is 1. The number of hydrogen-bond donors (Lipinski definition) is 2. The number of nitrogens with zero attached hydrogens (tertiary/aromatic N) is 3. The molecule has 0 bridgehead atoms. The number of benzene rings is 2. The van der Waals surface area contributed by atoms with Crippen LogP contribution in [-0.2, 0) is 0 Å². The fourth-order valence-electron chi connectivity index (χ4n) is 2.76. The minimum Gasteiger partial charge on any atom is -0.364 e. The predicted molar refractivity (Wildman–Crippen MR) is 103 cm³/mol. The highest BCUT2D eigenvalue weighted by molar-refractivity contribution is 6.33. The van der Waals surface area contributed by atoms with Crippen molar-refractivity contribution >= 4 is 40.3 Å². The lowest BCUT2D eigenvalue weighted by Crippen LogP contribution is -2.15. The normalized spacial score (nSPS) is 11.0. The highest BCUT2D eigenvalue weighted by atomic mass is 35.5. The molecular formula is C18H11Cl2N5O2. The highest BCUT2D eigenvalue weighted by Gasteiger charge is 2.20. The van der Waals surface area contributed by atoms with Crippen molar-refractivity contribution in [2.24, 2.45) is 5.73 Å². The lowest BCUT2D eigenvalue weighted by Gasteiger charge is -2.07. The molecule has 0 aliphatic carbocycles. The van der Waals surface area contributed by atoms with Gasteiger partial charge in [-0.2, -0.15) is 0 Å². The smallest absolute Gasteiger partial charge is 0.332 e. The van der Waals surface area contributed by atoms with E-state index < -0.39 is 11.6 Å². The van der Waals surface area contributed by atoms with Gasteiger partial charge in [0.25, 0.3) is 5.91 Å². The summed E-state index contributed by atoms with van der Waals surface area (Å²) < 4.78 is 1.32. The Hall–Kier alpha value is -3.16.